The predicted octanol–water partition coefficient (Wildman–Crippen LogP) is 1.03. The molecule has 0 fully saturated rings. The topological polar surface area (TPSA) is 98.7 Å². The zero-order chi connectivity index (χ0) is 15.2. The van der Waals surface area contributed by atoms with Crippen LogP contribution < -0.4 is 11.1 Å². The standard InChI is InChI=1S/C14H20N6O.ClH/c1-10(2)12(14(21)16-9-8-15)20-18-13(17-19-20)11-6-4-3-5-7-11;/h3-7,10,12H,8-9,15H2,1-2H3,(H,16,21);1H. The summed E-state index contributed by atoms with van der Waals surface area (Å²) in [7, 11) is 0. The lowest BCUT2D eigenvalue weighted by atomic mass is 10.0. The molecule has 2 aromatic rings. The van der Waals surface area contributed by atoms with Gasteiger partial charge in [0.05, 0.1) is 0 Å². The third-order valence-electron chi connectivity index (χ3n) is 3.05. The van der Waals surface area contributed by atoms with Crippen LogP contribution in [0.1, 0.15) is 19.9 Å². The molecule has 0 aliphatic heterocycles. The summed E-state index contributed by atoms with van der Waals surface area (Å²) in [6, 6.07) is 9.04. The smallest absolute Gasteiger partial charge is 0.247 e. The minimum absolute atomic E-state index is 0. The molecule has 1 unspecified atom stereocenters. The fourth-order valence-corrected chi connectivity index (χ4v) is 2.02. The zero-order valence-electron chi connectivity index (χ0n) is 12.6. The van der Waals surface area contributed by atoms with Gasteiger partial charge in [0.2, 0.25) is 11.7 Å². The molecule has 0 radical (unpaired) electrons. The van der Waals surface area contributed by atoms with Gasteiger partial charge in [-0.3, -0.25) is 4.79 Å². The second-order valence-corrected chi connectivity index (χ2v) is 5.07. The Morgan fingerprint density at radius 2 is 2.00 bits per heavy atom. The number of halogens is 1. The average Bonchev–Trinajstić information content (AvgIpc) is 2.95. The van der Waals surface area contributed by atoms with Gasteiger partial charge in [-0.25, -0.2) is 0 Å². The summed E-state index contributed by atoms with van der Waals surface area (Å²) in [6.07, 6.45) is 0. The van der Waals surface area contributed by atoms with E-state index in [-0.39, 0.29) is 24.2 Å². The molecular weight excluding hydrogens is 304 g/mol. The molecule has 0 spiro atoms. The number of nitrogens with two attached hydrogens (primary N) is 1. The van der Waals surface area contributed by atoms with E-state index in [2.05, 4.69) is 20.7 Å². The van der Waals surface area contributed by atoms with E-state index in [0.29, 0.717) is 18.9 Å². The Hall–Kier alpha value is -1.99. The van der Waals surface area contributed by atoms with Crippen molar-refractivity contribution in [1.82, 2.24) is 25.5 Å². The zero-order valence-corrected chi connectivity index (χ0v) is 13.5. The third-order valence-corrected chi connectivity index (χ3v) is 3.05. The van der Waals surface area contributed by atoms with Crippen LogP contribution in [0.15, 0.2) is 30.3 Å². The summed E-state index contributed by atoms with van der Waals surface area (Å²) >= 11 is 0. The second kappa shape index (κ2) is 8.45. The highest BCUT2D eigenvalue weighted by molar-refractivity contribution is 5.85. The van der Waals surface area contributed by atoms with Crippen molar-refractivity contribution in [3.63, 3.8) is 0 Å². The maximum absolute atomic E-state index is 12.2. The number of carbonyl (C=O) groups excluding carboxylic acids is 1. The van der Waals surface area contributed by atoms with Gasteiger partial charge in [0.15, 0.2) is 6.04 Å². The van der Waals surface area contributed by atoms with Crippen molar-refractivity contribution in [2.45, 2.75) is 19.9 Å². The number of hydrogen-bond acceptors (Lipinski definition) is 5. The molecule has 1 heterocycles. The van der Waals surface area contributed by atoms with Crippen molar-refractivity contribution in [1.29, 1.82) is 0 Å². The van der Waals surface area contributed by atoms with Crippen LogP contribution in [0.2, 0.25) is 0 Å². The Morgan fingerprint density at radius 1 is 1.32 bits per heavy atom. The summed E-state index contributed by atoms with van der Waals surface area (Å²) in [5.41, 5.74) is 6.28. The summed E-state index contributed by atoms with van der Waals surface area (Å²) in [5, 5.41) is 15.2. The van der Waals surface area contributed by atoms with Crippen LogP contribution in [0.3, 0.4) is 0 Å². The van der Waals surface area contributed by atoms with Gasteiger partial charge in [-0.1, -0.05) is 44.2 Å². The summed E-state index contributed by atoms with van der Waals surface area (Å²) < 4.78 is 0. The Balaban J connectivity index is 0.00000242. The maximum Gasteiger partial charge on any atom is 0.247 e. The molecule has 0 saturated carbocycles. The maximum atomic E-state index is 12.2. The molecule has 22 heavy (non-hydrogen) atoms. The number of carbonyl (C=O) groups is 1. The summed E-state index contributed by atoms with van der Waals surface area (Å²) in [6.45, 7) is 4.72. The molecule has 120 valence electrons. The molecule has 8 heteroatoms. The van der Waals surface area contributed by atoms with E-state index in [1.165, 1.54) is 4.80 Å². The van der Waals surface area contributed by atoms with Crippen molar-refractivity contribution >= 4 is 18.3 Å². The number of aromatic nitrogens is 4. The Bertz CT molecular complexity index is 586. The van der Waals surface area contributed by atoms with Crippen molar-refractivity contribution in [3.05, 3.63) is 30.3 Å². The lowest BCUT2D eigenvalue weighted by Gasteiger charge is -2.18. The minimum Gasteiger partial charge on any atom is -0.353 e. The van der Waals surface area contributed by atoms with Crippen LogP contribution in [-0.4, -0.2) is 39.2 Å². The van der Waals surface area contributed by atoms with E-state index in [0.717, 1.165) is 5.56 Å². The highest BCUT2D eigenvalue weighted by Crippen LogP contribution is 2.18. The van der Waals surface area contributed by atoms with Crippen LogP contribution in [0.5, 0.6) is 0 Å². The van der Waals surface area contributed by atoms with Gasteiger partial charge >= 0.3 is 0 Å². The van der Waals surface area contributed by atoms with Gasteiger partial charge in [0.25, 0.3) is 0 Å². The lowest BCUT2D eigenvalue weighted by Crippen LogP contribution is -2.38. The summed E-state index contributed by atoms with van der Waals surface area (Å²) in [5.74, 6) is 0.404. The van der Waals surface area contributed by atoms with Crippen molar-refractivity contribution < 1.29 is 4.79 Å². The number of hydrogen-bond donors (Lipinski definition) is 2. The first kappa shape index (κ1) is 18.1. The van der Waals surface area contributed by atoms with Gasteiger partial charge < -0.3 is 11.1 Å². The van der Waals surface area contributed by atoms with Gasteiger partial charge in [0, 0.05) is 18.7 Å². The van der Waals surface area contributed by atoms with Crippen LogP contribution in [0, 0.1) is 5.92 Å². The van der Waals surface area contributed by atoms with E-state index in [9.17, 15) is 4.79 Å². The molecule has 1 atom stereocenters. The molecule has 1 aromatic carbocycles. The van der Waals surface area contributed by atoms with Gasteiger partial charge in [-0.05, 0) is 11.1 Å². The quantitative estimate of drug-likeness (QED) is 0.827. The molecule has 1 aromatic heterocycles. The molecule has 0 aliphatic rings. The first-order valence-electron chi connectivity index (χ1n) is 6.96. The molecule has 0 aliphatic carbocycles. The van der Waals surface area contributed by atoms with Crippen molar-refractivity contribution in [3.8, 4) is 11.4 Å². The molecule has 0 bridgehead atoms. The molecular formula is C14H21ClN6O. The normalized spacial score (nSPS) is 11.8. The monoisotopic (exact) mass is 324 g/mol. The van der Waals surface area contributed by atoms with Crippen molar-refractivity contribution in [2.75, 3.05) is 13.1 Å². The van der Waals surface area contributed by atoms with Gasteiger partial charge in [0.1, 0.15) is 0 Å². The largest absolute Gasteiger partial charge is 0.353 e. The number of amides is 1. The predicted molar refractivity (Wildman–Crippen MR) is 86.4 cm³/mol. The number of tetrazole rings is 1. The Kier molecular flexibility index (Phi) is 6.94. The number of nitrogens with zero attached hydrogens (tertiary/aromatic N) is 4. The first-order valence-corrected chi connectivity index (χ1v) is 6.96. The van der Waals surface area contributed by atoms with E-state index >= 15 is 0 Å². The third kappa shape index (κ3) is 4.25. The minimum atomic E-state index is -0.499. The van der Waals surface area contributed by atoms with Crippen LogP contribution in [0.25, 0.3) is 11.4 Å². The van der Waals surface area contributed by atoms with Crippen LogP contribution >= 0.6 is 12.4 Å². The molecule has 0 saturated heterocycles. The van der Waals surface area contributed by atoms with E-state index in [1.807, 2.05) is 44.2 Å². The van der Waals surface area contributed by atoms with E-state index < -0.39 is 6.04 Å². The molecule has 1 amide bonds. The van der Waals surface area contributed by atoms with Gasteiger partial charge in [-0.2, -0.15) is 4.80 Å². The summed E-state index contributed by atoms with van der Waals surface area (Å²) in [4.78, 5) is 13.6. The second-order valence-electron chi connectivity index (χ2n) is 5.07. The lowest BCUT2D eigenvalue weighted by molar-refractivity contribution is -0.126. The van der Waals surface area contributed by atoms with E-state index in [4.69, 9.17) is 5.73 Å². The van der Waals surface area contributed by atoms with E-state index in [1.54, 1.807) is 0 Å². The number of rotatable bonds is 6. The SMILES string of the molecule is CC(C)C(C(=O)NCCN)n1nnc(-c2ccccc2)n1.Cl. The average molecular weight is 325 g/mol. The Labute approximate surface area is 135 Å². The van der Waals surface area contributed by atoms with Crippen molar-refractivity contribution in [2.24, 2.45) is 11.7 Å². The Morgan fingerprint density at radius 3 is 2.59 bits per heavy atom. The molecule has 3 N–H and O–H groups in total. The highest BCUT2D eigenvalue weighted by Gasteiger charge is 2.26. The van der Waals surface area contributed by atoms with Crippen LogP contribution in [0.4, 0.5) is 0 Å². The first-order chi connectivity index (χ1) is 10.1. The molecule has 2 rings (SSSR count). The van der Waals surface area contributed by atoms with Crippen LogP contribution in [-0.2, 0) is 4.79 Å². The highest BCUT2D eigenvalue weighted by atomic mass is 35.5. The number of benzene rings is 1. The van der Waals surface area contributed by atoms with Gasteiger partial charge in [-0.15, -0.1) is 22.6 Å². The fourth-order valence-electron chi connectivity index (χ4n) is 2.02. The fraction of sp³-hybridized carbons (Fsp3) is 0.429. The molecule has 7 nitrogen and oxygen atoms in total. The number of nitrogens with one attached hydrogen (secondary N) is 1.